The summed E-state index contributed by atoms with van der Waals surface area (Å²) in [6.07, 6.45) is 14.7. The minimum atomic E-state index is 1.04. The molecule has 1 aliphatic rings. The minimum absolute atomic E-state index is 1.04. The van der Waals surface area contributed by atoms with Crippen LogP contribution in [-0.2, 0) is 0 Å². The molecular weight excluding hydrogens is 677 g/mol. The maximum Gasteiger partial charge on any atom is 0.0467 e. The molecule has 0 aliphatic heterocycles. The Bertz CT molecular complexity index is 2540. The fourth-order valence-corrected chi connectivity index (χ4v) is 7.42. The van der Waals surface area contributed by atoms with Crippen molar-refractivity contribution in [3.63, 3.8) is 0 Å². The second-order valence-corrected chi connectivity index (χ2v) is 13.8. The standard InChI is InChI=1S/C54H44N2/c1-3-17-41(4-2)43-30-34-51(35-31-43)55(49-24-10-6-11-25-49)53-28-15-22-47(39-53)45-20-14-21-46(38-45)48-23-16-29-54(40-48)56(50-26-12-7-13-27-50)52-36-32-44(33-37-52)42-18-8-5-9-19-42/h3-4,6-8,10-40H,1-2,5,9H2/b41-17+. The predicted molar refractivity (Wildman–Crippen MR) is 241 cm³/mol. The van der Waals surface area contributed by atoms with Gasteiger partial charge in [0.1, 0.15) is 0 Å². The summed E-state index contributed by atoms with van der Waals surface area (Å²) < 4.78 is 0. The number of nitrogens with zero attached hydrogens (tertiary/aromatic N) is 2. The molecular formula is C54H44N2. The van der Waals surface area contributed by atoms with Crippen LogP contribution in [0.25, 0.3) is 33.4 Å². The molecule has 7 aromatic carbocycles. The van der Waals surface area contributed by atoms with Crippen LogP contribution in [-0.4, -0.2) is 0 Å². The SMILES string of the molecule is C=C/C=C(\C=C)c1ccc(N(c2ccccc2)c2cccc(-c3cccc(-c4cccc(N(c5ccccc5)c5ccc(C6=CCCC=C6)cc5)c4)c3)c2)cc1. The first kappa shape index (κ1) is 35.8. The smallest absolute Gasteiger partial charge is 0.0467 e. The van der Waals surface area contributed by atoms with Crippen molar-refractivity contribution in [2.75, 3.05) is 9.80 Å². The Balaban J connectivity index is 1.13. The Morgan fingerprint density at radius 3 is 1.38 bits per heavy atom. The summed E-state index contributed by atoms with van der Waals surface area (Å²) >= 11 is 0. The number of benzene rings is 7. The van der Waals surface area contributed by atoms with E-state index in [4.69, 9.17) is 0 Å². The quantitative estimate of drug-likeness (QED) is 0.116. The van der Waals surface area contributed by atoms with E-state index in [1.54, 1.807) is 6.08 Å². The summed E-state index contributed by atoms with van der Waals surface area (Å²) in [5.74, 6) is 0. The van der Waals surface area contributed by atoms with Crippen LogP contribution in [0.1, 0.15) is 24.0 Å². The van der Waals surface area contributed by atoms with Crippen molar-refractivity contribution in [3.8, 4) is 22.3 Å². The maximum absolute atomic E-state index is 3.99. The van der Waals surface area contributed by atoms with E-state index in [0.717, 1.165) is 80.4 Å². The van der Waals surface area contributed by atoms with E-state index in [0.29, 0.717) is 0 Å². The van der Waals surface area contributed by atoms with Gasteiger partial charge in [-0.3, -0.25) is 0 Å². The zero-order valence-electron chi connectivity index (χ0n) is 31.5. The highest BCUT2D eigenvalue weighted by Crippen LogP contribution is 2.40. The zero-order valence-corrected chi connectivity index (χ0v) is 31.5. The third-order valence-corrected chi connectivity index (χ3v) is 10.2. The van der Waals surface area contributed by atoms with Crippen molar-refractivity contribution >= 4 is 45.3 Å². The van der Waals surface area contributed by atoms with E-state index in [2.05, 4.69) is 223 Å². The molecule has 0 amide bonds. The molecule has 7 aromatic rings. The van der Waals surface area contributed by atoms with E-state index >= 15 is 0 Å². The Kier molecular flexibility index (Phi) is 10.8. The van der Waals surface area contributed by atoms with Crippen molar-refractivity contribution in [3.05, 3.63) is 243 Å². The Labute approximate surface area is 331 Å². The van der Waals surface area contributed by atoms with E-state index in [-0.39, 0.29) is 0 Å². The highest BCUT2D eigenvalue weighted by molar-refractivity contribution is 5.85. The Morgan fingerprint density at radius 1 is 0.429 bits per heavy atom. The van der Waals surface area contributed by atoms with Gasteiger partial charge in [0.05, 0.1) is 0 Å². The van der Waals surface area contributed by atoms with Crippen molar-refractivity contribution < 1.29 is 0 Å². The molecule has 0 heterocycles. The van der Waals surface area contributed by atoms with Gasteiger partial charge < -0.3 is 9.80 Å². The second-order valence-electron chi connectivity index (χ2n) is 13.8. The van der Waals surface area contributed by atoms with Crippen LogP contribution in [0.5, 0.6) is 0 Å². The van der Waals surface area contributed by atoms with Gasteiger partial charge in [0.15, 0.2) is 0 Å². The number of allylic oxidation sites excluding steroid dienone is 8. The molecule has 270 valence electrons. The normalized spacial score (nSPS) is 12.4. The summed E-state index contributed by atoms with van der Waals surface area (Å²) in [5, 5.41) is 0. The van der Waals surface area contributed by atoms with Gasteiger partial charge in [-0.2, -0.15) is 0 Å². The van der Waals surface area contributed by atoms with Gasteiger partial charge >= 0.3 is 0 Å². The molecule has 2 nitrogen and oxygen atoms in total. The summed E-state index contributed by atoms with van der Waals surface area (Å²) in [6.45, 7) is 7.86. The monoisotopic (exact) mass is 720 g/mol. The van der Waals surface area contributed by atoms with Crippen LogP contribution in [0.3, 0.4) is 0 Å². The van der Waals surface area contributed by atoms with Gasteiger partial charge in [0.2, 0.25) is 0 Å². The topological polar surface area (TPSA) is 6.48 Å². The lowest BCUT2D eigenvalue weighted by molar-refractivity contribution is 1.04. The van der Waals surface area contributed by atoms with E-state index in [1.165, 1.54) is 11.1 Å². The highest BCUT2D eigenvalue weighted by atomic mass is 15.1. The number of hydrogen-bond acceptors (Lipinski definition) is 2. The molecule has 2 heteroatoms. The number of rotatable bonds is 12. The molecule has 0 atom stereocenters. The number of para-hydroxylation sites is 2. The first-order chi connectivity index (χ1) is 27.7. The molecule has 0 fully saturated rings. The summed E-state index contributed by atoms with van der Waals surface area (Å²) in [6, 6.07) is 65.2. The van der Waals surface area contributed by atoms with Crippen LogP contribution in [0.15, 0.2) is 232 Å². The molecule has 0 N–H and O–H groups in total. The lowest BCUT2D eigenvalue weighted by Crippen LogP contribution is -2.10. The largest absolute Gasteiger partial charge is 0.310 e. The Hall–Kier alpha value is -7.16. The van der Waals surface area contributed by atoms with Crippen molar-refractivity contribution in [1.29, 1.82) is 0 Å². The first-order valence-corrected chi connectivity index (χ1v) is 19.2. The average Bonchev–Trinajstić information content (AvgIpc) is 3.28. The Morgan fingerprint density at radius 2 is 0.893 bits per heavy atom. The van der Waals surface area contributed by atoms with Crippen molar-refractivity contribution in [1.82, 2.24) is 0 Å². The second kappa shape index (κ2) is 16.9. The van der Waals surface area contributed by atoms with E-state index in [1.807, 2.05) is 12.2 Å². The van der Waals surface area contributed by atoms with E-state index < -0.39 is 0 Å². The lowest BCUT2D eigenvalue weighted by Gasteiger charge is -2.26. The molecule has 0 saturated heterocycles. The number of hydrogen-bond donors (Lipinski definition) is 0. The van der Waals surface area contributed by atoms with Crippen LogP contribution in [0.4, 0.5) is 34.1 Å². The highest BCUT2D eigenvalue weighted by Gasteiger charge is 2.16. The van der Waals surface area contributed by atoms with Crippen LogP contribution >= 0.6 is 0 Å². The predicted octanol–water partition coefficient (Wildman–Crippen LogP) is 15.4. The number of anilines is 6. The fraction of sp³-hybridized carbons (Fsp3) is 0.0370. The summed E-state index contributed by atoms with van der Waals surface area (Å²) in [7, 11) is 0. The van der Waals surface area contributed by atoms with Crippen molar-refractivity contribution in [2.24, 2.45) is 0 Å². The third-order valence-electron chi connectivity index (χ3n) is 10.2. The van der Waals surface area contributed by atoms with Gasteiger partial charge in [-0.15, -0.1) is 0 Å². The molecule has 0 unspecified atom stereocenters. The van der Waals surface area contributed by atoms with E-state index in [9.17, 15) is 0 Å². The van der Waals surface area contributed by atoms with Crippen LogP contribution in [0, 0.1) is 0 Å². The molecule has 1 aliphatic carbocycles. The molecule has 0 saturated carbocycles. The van der Waals surface area contributed by atoms with Gasteiger partial charge in [0, 0.05) is 34.1 Å². The summed E-state index contributed by atoms with van der Waals surface area (Å²) in [5.41, 5.74) is 15.9. The molecule has 8 rings (SSSR count). The third kappa shape index (κ3) is 7.87. The molecule has 0 bridgehead atoms. The van der Waals surface area contributed by atoms with Gasteiger partial charge in [0.25, 0.3) is 0 Å². The van der Waals surface area contributed by atoms with Gasteiger partial charge in [-0.05, 0) is 136 Å². The first-order valence-electron chi connectivity index (χ1n) is 19.2. The van der Waals surface area contributed by atoms with Crippen LogP contribution in [0.2, 0.25) is 0 Å². The van der Waals surface area contributed by atoms with Gasteiger partial charge in [-0.1, -0.05) is 153 Å². The average molecular weight is 721 g/mol. The zero-order chi connectivity index (χ0) is 38.1. The minimum Gasteiger partial charge on any atom is -0.310 e. The van der Waals surface area contributed by atoms with Gasteiger partial charge in [-0.25, -0.2) is 0 Å². The lowest BCUT2D eigenvalue weighted by atomic mass is 9.97. The maximum atomic E-state index is 3.99. The molecule has 0 aromatic heterocycles. The van der Waals surface area contributed by atoms with Crippen molar-refractivity contribution in [2.45, 2.75) is 12.8 Å². The fourth-order valence-electron chi connectivity index (χ4n) is 7.42. The molecule has 56 heavy (non-hydrogen) atoms. The molecule has 0 radical (unpaired) electrons. The molecule has 0 spiro atoms. The summed E-state index contributed by atoms with van der Waals surface area (Å²) in [4.78, 5) is 4.64. The van der Waals surface area contributed by atoms with Crippen LogP contribution < -0.4 is 9.80 Å².